The van der Waals surface area contributed by atoms with E-state index in [-0.39, 0.29) is 6.04 Å². The third kappa shape index (κ3) is 5.03. The predicted octanol–water partition coefficient (Wildman–Crippen LogP) is 2.37. The van der Waals surface area contributed by atoms with Gasteiger partial charge in [-0.1, -0.05) is 25.7 Å². The van der Waals surface area contributed by atoms with Gasteiger partial charge in [0.25, 0.3) is 0 Å². The number of nitrogens with zero attached hydrogens (tertiary/aromatic N) is 2. The predicted molar refractivity (Wildman–Crippen MR) is 79.3 cm³/mol. The lowest BCUT2D eigenvalue weighted by Crippen LogP contribution is -2.25. The fraction of sp³-hybridized carbons (Fsp3) is 0.714. The summed E-state index contributed by atoms with van der Waals surface area (Å²) in [5.74, 6) is 1.75. The first-order valence-corrected chi connectivity index (χ1v) is 7.32. The topological polar surface area (TPSA) is 75.9 Å². The molecule has 0 aromatic carbocycles. The van der Waals surface area contributed by atoms with E-state index in [1.165, 1.54) is 38.5 Å². The van der Waals surface area contributed by atoms with Crippen molar-refractivity contribution in [2.24, 2.45) is 5.73 Å². The van der Waals surface area contributed by atoms with E-state index in [9.17, 15) is 0 Å². The van der Waals surface area contributed by atoms with E-state index in [1.54, 1.807) is 6.33 Å². The van der Waals surface area contributed by atoms with Gasteiger partial charge in [-0.25, -0.2) is 9.97 Å². The summed E-state index contributed by atoms with van der Waals surface area (Å²) in [6.07, 6.45) is 9.45. The quantitative estimate of drug-likeness (QED) is 0.711. The maximum atomic E-state index is 5.72. The number of hydrogen-bond acceptors (Lipinski definition) is 5. The van der Waals surface area contributed by atoms with E-state index >= 15 is 0 Å². The van der Waals surface area contributed by atoms with Crippen molar-refractivity contribution < 1.29 is 0 Å². The zero-order chi connectivity index (χ0) is 13.5. The third-order valence-electron chi connectivity index (χ3n) is 3.48. The SMILES string of the molecule is CC(N)CNc1cc(NC2CCCCCC2)ncn1. The van der Waals surface area contributed by atoms with E-state index in [0.29, 0.717) is 6.04 Å². The highest BCUT2D eigenvalue weighted by molar-refractivity contribution is 5.47. The molecular weight excluding hydrogens is 238 g/mol. The van der Waals surface area contributed by atoms with Crippen molar-refractivity contribution in [2.45, 2.75) is 57.5 Å². The minimum absolute atomic E-state index is 0.119. The van der Waals surface area contributed by atoms with Crippen LogP contribution in [-0.2, 0) is 0 Å². The summed E-state index contributed by atoms with van der Waals surface area (Å²) in [6.45, 7) is 2.69. The fourth-order valence-electron chi connectivity index (χ4n) is 2.43. The molecule has 0 amide bonds. The van der Waals surface area contributed by atoms with Crippen LogP contribution < -0.4 is 16.4 Å². The second-order valence-corrected chi connectivity index (χ2v) is 5.48. The van der Waals surface area contributed by atoms with Crippen molar-refractivity contribution in [3.63, 3.8) is 0 Å². The van der Waals surface area contributed by atoms with Crippen molar-refractivity contribution >= 4 is 11.6 Å². The zero-order valence-electron chi connectivity index (χ0n) is 11.7. The normalized spacial score (nSPS) is 18.6. The maximum absolute atomic E-state index is 5.72. The number of aromatic nitrogens is 2. The molecule has 1 fully saturated rings. The largest absolute Gasteiger partial charge is 0.368 e. The second-order valence-electron chi connectivity index (χ2n) is 5.48. The summed E-state index contributed by atoms with van der Waals surface area (Å²) in [4.78, 5) is 8.50. The summed E-state index contributed by atoms with van der Waals surface area (Å²) in [6, 6.07) is 2.64. The minimum atomic E-state index is 0.119. The fourth-order valence-corrected chi connectivity index (χ4v) is 2.43. The van der Waals surface area contributed by atoms with Gasteiger partial charge in [0.05, 0.1) is 0 Å². The van der Waals surface area contributed by atoms with Gasteiger partial charge in [-0.2, -0.15) is 0 Å². The molecular formula is C14H25N5. The highest BCUT2D eigenvalue weighted by atomic mass is 15.1. The van der Waals surface area contributed by atoms with Crippen molar-refractivity contribution in [2.75, 3.05) is 17.2 Å². The molecule has 4 N–H and O–H groups in total. The van der Waals surface area contributed by atoms with Crippen LogP contribution in [0.5, 0.6) is 0 Å². The van der Waals surface area contributed by atoms with Gasteiger partial charge >= 0.3 is 0 Å². The van der Waals surface area contributed by atoms with Crippen molar-refractivity contribution in [1.82, 2.24) is 9.97 Å². The van der Waals surface area contributed by atoms with E-state index in [4.69, 9.17) is 5.73 Å². The Morgan fingerprint density at radius 2 is 1.89 bits per heavy atom. The highest BCUT2D eigenvalue weighted by Crippen LogP contribution is 2.20. The van der Waals surface area contributed by atoms with Crippen LogP contribution in [0.3, 0.4) is 0 Å². The molecule has 0 bridgehead atoms. The van der Waals surface area contributed by atoms with Crippen LogP contribution in [0, 0.1) is 0 Å². The van der Waals surface area contributed by atoms with Gasteiger partial charge in [-0.15, -0.1) is 0 Å². The molecule has 19 heavy (non-hydrogen) atoms. The van der Waals surface area contributed by atoms with E-state index < -0.39 is 0 Å². The molecule has 0 spiro atoms. The Bertz CT molecular complexity index is 372. The van der Waals surface area contributed by atoms with Gasteiger partial charge in [0.1, 0.15) is 18.0 Å². The van der Waals surface area contributed by atoms with Gasteiger partial charge in [0.15, 0.2) is 0 Å². The second kappa shape index (κ2) is 7.28. The van der Waals surface area contributed by atoms with Gasteiger partial charge < -0.3 is 16.4 Å². The summed E-state index contributed by atoms with van der Waals surface area (Å²) < 4.78 is 0. The average Bonchev–Trinajstić information content (AvgIpc) is 2.65. The number of nitrogens with one attached hydrogen (secondary N) is 2. The van der Waals surface area contributed by atoms with Gasteiger partial charge in [0.2, 0.25) is 0 Å². The Morgan fingerprint density at radius 3 is 2.58 bits per heavy atom. The Hall–Kier alpha value is -1.36. The molecule has 0 radical (unpaired) electrons. The van der Waals surface area contributed by atoms with Crippen molar-refractivity contribution in [1.29, 1.82) is 0 Å². The summed E-state index contributed by atoms with van der Waals surface area (Å²) >= 11 is 0. The minimum Gasteiger partial charge on any atom is -0.368 e. The van der Waals surface area contributed by atoms with Crippen LogP contribution in [0.4, 0.5) is 11.6 Å². The van der Waals surface area contributed by atoms with Crippen LogP contribution in [0.2, 0.25) is 0 Å². The molecule has 1 aliphatic carbocycles. The molecule has 1 aromatic heterocycles. The average molecular weight is 263 g/mol. The van der Waals surface area contributed by atoms with Gasteiger partial charge in [-0.3, -0.25) is 0 Å². The number of anilines is 2. The van der Waals surface area contributed by atoms with E-state index in [2.05, 4.69) is 20.6 Å². The first-order chi connectivity index (χ1) is 9.24. The first kappa shape index (κ1) is 14.1. The molecule has 1 atom stereocenters. The number of hydrogen-bond donors (Lipinski definition) is 3. The molecule has 5 heteroatoms. The highest BCUT2D eigenvalue weighted by Gasteiger charge is 2.12. The molecule has 106 valence electrons. The van der Waals surface area contributed by atoms with Crippen LogP contribution in [0.1, 0.15) is 45.4 Å². The van der Waals surface area contributed by atoms with Crippen LogP contribution in [-0.4, -0.2) is 28.6 Å². The van der Waals surface area contributed by atoms with Crippen LogP contribution in [0.25, 0.3) is 0 Å². The summed E-state index contributed by atoms with van der Waals surface area (Å²) in [7, 11) is 0. The Labute approximate surface area is 115 Å². The lowest BCUT2D eigenvalue weighted by Gasteiger charge is -2.17. The van der Waals surface area contributed by atoms with Crippen molar-refractivity contribution in [3.05, 3.63) is 12.4 Å². The zero-order valence-corrected chi connectivity index (χ0v) is 11.7. The Kier molecular flexibility index (Phi) is 5.39. The van der Waals surface area contributed by atoms with Gasteiger partial charge in [0, 0.05) is 24.7 Å². The molecule has 1 aliphatic rings. The lowest BCUT2D eigenvalue weighted by molar-refractivity contribution is 0.617. The third-order valence-corrected chi connectivity index (χ3v) is 3.48. The monoisotopic (exact) mass is 263 g/mol. The standard InChI is InChI=1S/C14H25N5/c1-11(15)9-16-13-8-14(18-10-17-13)19-12-6-4-2-3-5-7-12/h8,10-12H,2-7,9,15H2,1H3,(H2,16,17,18,19). The molecule has 1 saturated carbocycles. The van der Waals surface area contributed by atoms with E-state index in [1.807, 2.05) is 13.0 Å². The van der Waals surface area contributed by atoms with Gasteiger partial charge in [-0.05, 0) is 19.8 Å². The maximum Gasteiger partial charge on any atom is 0.131 e. The lowest BCUT2D eigenvalue weighted by atomic mass is 10.1. The van der Waals surface area contributed by atoms with E-state index in [0.717, 1.165) is 18.2 Å². The molecule has 1 heterocycles. The first-order valence-electron chi connectivity index (χ1n) is 7.32. The summed E-state index contributed by atoms with van der Waals surface area (Å²) in [5, 5.41) is 6.74. The van der Waals surface area contributed by atoms with Crippen LogP contribution in [0.15, 0.2) is 12.4 Å². The number of rotatable bonds is 5. The molecule has 0 saturated heterocycles. The smallest absolute Gasteiger partial charge is 0.131 e. The van der Waals surface area contributed by atoms with Crippen molar-refractivity contribution in [3.8, 4) is 0 Å². The molecule has 0 aliphatic heterocycles. The Morgan fingerprint density at radius 1 is 1.21 bits per heavy atom. The molecule has 1 aromatic rings. The molecule has 1 unspecified atom stereocenters. The molecule has 5 nitrogen and oxygen atoms in total. The Balaban J connectivity index is 1.90. The molecule has 2 rings (SSSR count). The summed E-state index contributed by atoms with van der Waals surface area (Å²) in [5.41, 5.74) is 5.72. The number of nitrogens with two attached hydrogens (primary N) is 1. The van der Waals surface area contributed by atoms with Crippen LogP contribution >= 0.6 is 0 Å².